The van der Waals surface area contributed by atoms with Crippen molar-refractivity contribution in [2.24, 2.45) is 0 Å². The predicted molar refractivity (Wildman–Crippen MR) is 109 cm³/mol. The van der Waals surface area contributed by atoms with E-state index in [1.165, 1.54) is 12.1 Å². The summed E-state index contributed by atoms with van der Waals surface area (Å²) in [6.07, 6.45) is 3.96. The normalized spacial score (nSPS) is 14.8. The molecule has 0 aliphatic carbocycles. The number of amides is 2. The van der Waals surface area contributed by atoms with Crippen LogP contribution in [0.15, 0.2) is 42.5 Å². The molecular weight excluding hydrogens is 355 g/mol. The minimum Gasteiger partial charge on any atom is -0.326 e. The maximum absolute atomic E-state index is 13.5. The molecule has 5 nitrogen and oxygen atoms in total. The van der Waals surface area contributed by atoms with E-state index in [0.29, 0.717) is 12.1 Å². The molecule has 2 amide bonds. The number of carbonyl (C=O) groups is 1. The van der Waals surface area contributed by atoms with Crippen LogP contribution in [0.25, 0.3) is 23.2 Å². The third-order valence-electron chi connectivity index (χ3n) is 5.14. The molecular formula is C22H23FN4O. The number of likely N-dealkylation sites (N-methyl/N-ethyl adjacent to an activating group) is 1. The molecule has 0 spiro atoms. The summed E-state index contributed by atoms with van der Waals surface area (Å²) >= 11 is 0. The Morgan fingerprint density at radius 1 is 1.11 bits per heavy atom. The Morgan fingerprint density at radius 2 is 1.89 bits per heavy atom. The minimum atomic E-state index is -0.276. The van der Waals surface area contributed by atoms with E-state index >= 15 is 0 Å². The summed E-state index contributed by atoms with van der Waals surface area (Å²) in [5.74, 6) is 0.528. The summed E-state index contributed by atoms with van der Waals surface area (Å²) in [6.45, 7) is 4.99. The van der Waals surface area contributed by atoms with Gasteiger partial charge in [-0.25, -0.2) is 14.2 Å². The lowest BCUT2D eigenvalue weighted by molar-refractivity contribution is 0.197. The van der Waals surface area contributed by atoms with E-state index in [-0.39, 0.29) is 11.8 Å². The second-order valence-electron chi connectivity index (χ2n) is 7.05. The van der Waals surface area contributed by atoms with Crippen molar-refractivity contribution in [3.63, 3.8) is 0 Å². The van der Waals surface area contributed by atoms with Gasteiger partial charge in [0.2, 0.25) is 0 Å². The van der Waals surface area contributed by atoms with Gasteiger partial charge in [-0.05, 0) is 36.3 Å². The number of carbonyl (C=O) groups excluding carboxylic acids is 1. The summed E-state index contributed by atoms with van der Waals surface area (Å²) in [6, 6.07) is 12.9. The highest BCUT2D eigenvalue weighted by Gasteiger charge is 2.24. The molecule has 1 aliphatic heterocycles. The van der Waals surface area contributed by atoms with Gasteiger partial charge < -0.3 is 14.4 Å². The Kier molecular flexibility index (Phi) is 4.86. The molecule has 0 unspecified atom stereocenters. The Balaban J connectivity index is 1.51. The van der Waals surface area contributed by atoms with Crippen LogP contribution >= 0.6 is 0 Å². The molecule has 3 aromatic rings. The van der Waals surface area contributed by atoms with Crippen molar-refractivity contribution in [1.82, 2.24) is 19.4 Å². The molecule has 1 fully saturated rings. The van der Waals surface area contributed by atoms with Gasteiger partial charge in [-0.1, -0.05) is 30.3 Å². The first-order valence-corrected chi connectivity index (χ1v) is 9.48. The number of halogens is 1. The molecule has 2 aromatic carbocycles. The van der Waals surface area contributed by atoms with Gasteiger partial charge in [0.05, 0.1) is 11.0 Å². The Morgan fingerprint density at radius 3 is 2.57 bits per heavy atom. The fraction of sp³-hybridized carbons (Fsp3) is 0.273. The quantitative estimate of drug-likeness (QED) is 0.667. The highest BCUT2D eigenvalue weighted by molar-refractivity contribution is 5.80. The second kappa shape index (κ2) is 7.46. The van der Waals surface area contributed by atoms with Gasteiger partial charge in [0.25, 0.3) is 0 Å². The van der Waals surface area contributed by atoms with Crippen molar-refractivity contribution in [1.29, 1.82) is 0 Å². The van der Waals surface area contributed by atoms with E-state index in [1.807, 2.05) is 55.3 Å². The highest BCUT2D eigenvalue weighted by Crippen LogP contribution is 2.20. The van der Waals surface area contributed by atoms with Gasteiger partial charge in [0, 0.05) is 39.3 Å². The lowest BCUT2D eigenvalue weighted by atomic mass is 10.1. The van der Waals surface area contributed by atoms with Gasteiger partial charge >= 0.3 is 6.03 Å². The summed E-state index contributed by atoms with van der Waals surface area (Å²) < 4.78 is 15.5. The number of benzene rings is 2. The number of fused-ring (bicyclic) bond motifs is 1. The van der Waals surface area contributed by atoms with Crippen LogP contribution in [0.3, 0.4) is 0 Å². The molecule has 0 atom stereocenters. The van der Waals surface area contributed by atoms with E-state index in [1.54, 1.807) is 11.0 Å². The maximum Gasteiger partial charge on any atom is 0.320 e. The molecule has 144 valence electrons. The first-order chi connectivity index (χ1) is 13.5. The Bertz CT molecular complexity index is 1040. The van der Waals surface area contributed by atoms with Gasteiger partial charge in [0.15, 0.2) is 0 Å². The molecule has 0 bridgehead atoms. The molecule has 4 rings (SSSR count). The smallest absolute Gasteiger partial charge is 0.320 e. The standard InChI is InChI=1S/C22H23FN4O/c1-3-27-20-10-9-18(23)14-19(20)24-21(27)11-8-16-4-6-17(7-5-16)15-26-13-12-25(2)22(26)28/h4-11,14H,3,12-13,15H2,1-2H3/b11-8+. The average molecular weight is 378 g/mol. The van der Waals surface area contributed by atoms with E-state index in [4.69, 9.17) is 0 Å². The largest absolute Gasteiger partial charge is 0.326 e. The predicted octanol–water partition coefficient (Wildman–Crippen LogP) is 4.23. The number of hydrogen-bond acceptors (Lipinski definition) is 2. The van der Waals surface area contributed by atoms with Crippen LogP contribution in [0.4, 0.5) is 9.18 Å². The van der Waals surface area contributed by atoms with Crippen molar-refractivity contribution < 1.29 is 9.18 Å². The first kappa shape index (κ1) is 18.2. The zero-order valence-corrected chi connectivity index (χ0v) is 16.1. The second-order valence-corrected chi connectivity index (χ2v) is 7.05. The minimum absolute atomic E-state index is 0.0823. The molecule has 0 N–H and O–H groups in total. The molecule has 6 heteroatoms. The summed E-state index contributed by atoms with van der Waals surface area (Å²) in [4.78, 5) is 20.1. The van der Waals surface area contributed by atoms with Crippen LogP contribution in [-0.4, -0.2) is 45.5 Å². The zero-order chi connectivity index (χ0) is 19.7. The third kappa shape index (κ3) is 3.50. The molecule has 28 heavy (non-hydrogen) atoms. The summed E-state index contributed by atoms with van der Waals surface area (Å²) in [7, 11) is 1.83. The molecule has 1 saturated heterocycles. The third-order valence-corrected chi connectivity index (χ3v) is 5.14. The van der Waals surface area contributed by atoms with Crippen LogP contribution in [0.1, 0.15) is 23.9 Å². The molecule has 0 saturated carbocycles. The number of nitrogens with zero attached hydrogens (tertiary/aromatic N) is 4. The SMILES string of the molecule is CCn1c(/C=C/c2ccc(CN3CCN(C)C3=O)cc2)nc2cc(F)ccc21. The fourth-order valence-corrected chi connectivity index (χ4v) is 3.56. The van der Waals surface area contributed by atoms with Gasteiger partial charge in [-0.2, -0.15) is 0 Å². The van der Waals surface area contributed by atoms with Gasteiger partial charge in [-0.3, -0.25) is 0 Å². The average Bonchev–Trinajstić information content (AvgIpc) is 3.21. The molecule has 2 heterocycles. The highest BCUT2D eigenvalue weighted by atomic mass is 19.1. The van der Waals surface area contributed by atoms with Crippen LogP contribution in [0.5, 0.6) is 0 Å². The van der Waals surface area contributed by atoms with Crippen molar-refractivity contribution >= 4 is 29.2 Å². The summed E-state index contributed by atoms with van der Waals surface area (Å²) in [5, 5.41) is 0. The Labute approximate surface area is 163 Å². The van der Waals surface area contributed by atoms with E-state index in [2.05, 4.69) is 9.55 Å². The monoisotopic (exact) mass is 378 g/mol. The molecule has 1 aliphatic rings. The topological polar surface area (TPSA) is 41.4 Å². The molecule has 0 radical (unpaired) electrons. The Hall–Kier alpha value is -3.15. The van der Waals surface area contributed by atoms with E-state index in [0.717, 1.165) is 42.1 Å². The summed E-state index contributed by atoms with van der Waals surface area (Å²) in [5.41, 5.74) is 3.75. The zero-order valence-electron chi connectivity index (χ0n) is 16.1. The first-order valence-electron chi connectivity index (χ1n) is 9.48. The van der Waals surface area contributed by atoms with Crippen molar-refractivity contribution in [3.8, 4) is 0 Å². The molecule has 1 aromatic heterocycles. The van der Waals surface area contributed by atoms with Crippen LogP contribution in [0.2, 0.25) is 0 Å². The number of rotatable bonds is 5. The number of aryl methyl sites for hydroxylation is 1. The van der Waals surface area contributed by atoms with Crippen LogP contribution in [0, 0.1) is 5.82 Å². The van der Waals surface area contributed by atoms with Crippen molar-refractivity contribution in [2.45, 2.75) is 20.0 Å². The number of imidazole rings is 1. The fourth-order valence-electron chi connectivity index (χ4n) is 3.56. The van der Waals surface area contributed by atoms with E-state index < -0.39 is 0 Å². The number of urea groups is 1. The van der Waals surface area contributed by atoms with Gasteiger partial charge in [0.1, 0.15) is 11.6 Å². The number of aromatic nitrogens is 2. The van der Waals surface area contributed by atoms with Crippen LogP contribution < -0.4 is 0 Å². The van der Waals surface area contributed by atoms with E-state index in [9.17, 15) is 9.18 Å². The lowest BCUT2D eigenvalue weighted by Gasteiger charge is -2.15. The van der Waals surface area contributed by atoms with Crippen LogP contribution in [-0.2, 0) is 13.1 Å². The lowest BCUT2D eigenvalue weighted by Crippen LogP contribution is -2.28. The van der Waals surface area contributed by atoms with Crippen molar-refractivity contribution in [2.75, 3.05) is 20.1 Å². The maximum atomic E-state index is 13.5. The number of hydrogen-bond donors (Lipinski definition) is 0. The van der Waals surface area contributed by atoms with Crippen molar-refractivity contribution in [3.05, 3.63) is 65.2 Å². The van der Waals surface area contributed by atoms with Gasteiger partial charge in [-0.15, -0.1) is 0 Å².